The Bertz CT molecular complexity index is 1060. The Balaban J connectivity index is 1.57. The first-order chi connectivity index (χ1) is 15.9. The molecule has 0 nitrogen and oxygen atoms in total. The van der Waals surface area contributed by atoms with Crippen LogP contribution in [0.4, 0.5) is 0 Å². The van der Waals surface area contributed by atoms with Gasteiger partial charge in [-0.3, -0.25) is 0 Å². The van der Waals surface area contributed by atoms with Crippen LogP contribution in [-0.2, 0) is 0 Å². The van der Waals surface area contributed by atoms with Gasteiger partial charge in [-0.1, -0.05) is 177 Å². The predicted octanol–water partition coefficient (Wildman–Crippen LogP) is 2.18. The summed E-state index contributed by atoms with van der Waals surface area (Å²) in [4.78, 5) is 0. The highest BCUT2D eigenvalue weighted by Crippen LogP contribution is 1.98. The van der Waals surface area contributed by atoms with E-state index in [2.05, 4.69) is 146 Å². The Morgan fingerprint density at radius 1 is 0.219 bits per heavy atom. The molecule has 0 heterocycles. The zero-order chi connectivity index (χ0) is 21.6. The first-order valence-corrected chi connectivity index (χ1v) is 14.7. The van der Waals surface area contributed by atoms with Gasteiger partial charge in [-0.2, -0.15) is 0 Å². The van der Waals surface area contributed by atoms with Crippen LogP contribution in [-0.4, -0.2) is 17.6 Å². The van der Waals surface area contributed by atoms with E-state index < -0.39 is 17.6 Å². The van der Waals surface area contributed by atoms with Gasteiger partial charge in [-0.05, 0) is 0 Å². The van der Waals surface area contributed by atoms with Gasteiger partial charge in [0, 0.05) is 0 Å². The third kappa shape index (κ3) is 4.42. The van der Waals surface area contributed by atoms with Crippen molar-refractivity contribution in [1.29, 1.82) is 0 Å². The molecule has 0 aliphatic carbocycles. The molecule has 0 atom stereocenters. The maximum absolute atomic E-state index is 2.40. The third-order valence-electron chi connectivity index (χ3n) is 6.13. The van der Waals surface area contributed by atoms with Crippen LogP contribution in [0.15, 0.2) is 146 Å². The summed E-state index contributed by atoms with van der Waals surface area (Å²) in [5, 5.41) is 8.80. The van der Waals surface area contributed by atoms with Crippen LogP contribution in [0, 0.1) is 0 Å². The van der Waals surface area contributed by atoms with Gasteiger partial charge in [0.15, 0.2) is 0 Å². The molecule has 0 radical (unpaired) electrons. The Kier molecular flexibility index (Phi) is 6.24. The van der Waals surface area contributed by atoms with E-state index in [4.69, 9.17) is 0 Å². The molecular formula is C30H26Si2. The normalized spacial score (nSPS) is 11.1. The molecule has 0 bridgehead atoms. The minimum absolute atomic E-state index is 1.46. The molecule has 0 aliphatic rings. The number of benzene rings is 5. The quantitative estimate of drug-likeness (QED) is 0.279. The summed E-state index contributed by atoms with van der Waals surface area (Å²) >= 11 is 0. The van der Waals surface area contributed by atoms with Crippen molar-refractivity contribution in [2.45, 2.75) is 0 Å². The van der Waals surface area contributed by atoms with Crippen molar-refractivity contribution < 1.29 is 0 Å². The SMILES string of the molecule is c1ccc([SiH](c2ccccc2)c2ccc([SiH](c3ccccc3)c3ccccc3)cc2)cc1. The molecule has 32 heavy (non-hydrogen) atoms. The average molecular weight is 443 g/mol. The molecule has 0 amide bonds. The smallest absolute Gasteiger partial charge is 0.0626 e. The minimum Gasteiger partial charge on any atom is -0.0626 e. The summed E-state index contributed by atoms with van der Waals surface area (Å²) in [6.07, 6.45) is 0. The second-order valence-corrected chi connectivity index (χ2v) is 13.9. The zero-order valence-corrected chi connectivity index (χ0v) is 20.3. The van der Waals surface area contributed by atoms with Gasteiger partial charge in [-0.25, -0.2) is 0 Å². The van der Waals surface area contributed by atoms with Crippen molar-refractivity contribution in [2.75, 3.05) is 0 Å². The Hall–Kier alpha value is -3.47. The fourth-order valence-electron chi connectivity index (χ4n) is 4.62. The van der Waals surface area contributed by atoms with E-state index in [1.807, 2.05) is 0 Å². The monoisotopic (exact) mass is 442 g/mol. The summed E-state index contributed by atoms with van der Waals surface area (Å²) in [6, 6.07) is 53.7. The van der Waals surface area contributed by atoms with E-state index in [0.717, 1.165) is 0 Å². The van der Waals surface area contributed by atoms with Gasteiger partial charge in [0.05, 0.1) is 0 Å². The maximum atomic E-state index is 2.40. The zero-order valence-electron chi connectivity index (χ0n) is 18.0. The summed E-state index contributed by atoms with van der Waals surface area (Å²) in [7, 11) is -2.99. The average Bonchev–Trinajstić information content (AvgIpc) is 2.88. The lowest BCUT2D eigenvalue weighted by Gasteiger charge is -2.20. The van der Waals surface area contributed by atoms with E-state index in [-0.39, 0.29) is 0 Å². The third-order valence-corrected chi connectivity index (χ3v) is 12.4. The maximum Gasteiger partial charge on any atom is 0.132 e. The molecule has 0 saturated heterocycles. The molecule has 5 rings (SSSR count). The molecule has 0 aromatic heterocycles. The Morgan fingerprint density at radius 3 is 0.625 bits per heavy atom. The fraction of sp³-hybridized carbons (Fsp3) is 0. The highest BCUT2D eigenvalue weighted by molar-refractivity contribution is 6.97. The summed E-state index contributed by atoms with van der Waals surface area (Å²) in [6.45, 7) is 0. The van der Waals surface area contributed by atoms with E-state index in [1.165, 1.54) is 31.1 Å². The standard InChI is InChI=1S/C30H26Si2/c1-5-13-25(14-6-1)31(26-15-7-2-8-16-26)29-21-23-30(24-22-29)32(27-17-9-3-10-18-27)28-19-11-4-12-20-28/h1-24,31-32H. The van der Waals surface area contributed by atoms with Gasteiger partial charge < -0.3 is 0 Å². The Labute approximate surface area is 194 Å². The topological polar surface area (TPSA) is 0 Å². The van der Waals surface area contributed by atoms with Crippen molar-refractivity contribution in [3.63, 3.8) is 0 Å². The lowest BCUT2D eigenvalue weighted by molar-refractivity contribution is 1.71. The fourth-order valence-corrected chi connectivity index (χ4v) is 10.5. The molecule has 0 unspecified atom stereocenters. The molecule has 5 aromatic rings. The molecule has 154 valence electrons. The van der Waals surface area contributed by atoms with Crippen LogP contribution in [0.3, 0.4) is 0 Å². The van der Waals surface area contributed by atoms with Crippen molar-refractivity contribution in [2.24, 2.45) is 0 Å². The molecular weight excluding hydrogens is 417 g/mol. The lowest BCUT2D eigenvalue weighted by atomic mass is 10.3. The van der Waals surface area contributed by atoms with Crippen LogP contribution >= 0.6 is 0 Å². The number of hydrogen-bond acceptors (Lipinski definition) is 0. The van der Waals surface area contributed by atoms with E-state index >= 15 is 0 Å². The van der Waals surface area contributed by atoms with Crippen LogP contribution < -0.4 is 31.1 Å². The van der Waals surface area contributed by atoms with Gasteiger partial charge >= 0.3 is 0 Å². The highest BCUT2D eigenvalue weighted by atomic mass is 28.3. The number of hydrogen-bond donors (Lipinski definition) is 0. The van der Waals surface area contributed by atoms with Crippen molar-refractivity contribution in [3.8, 4) is 0 Å². The van der Waals surface area contributed by atoms with Gasteiger partial charge in [0.25, 0.3) is 0 Å². The van der Waals surface area contributed by atoms with Crippen molar-refractivity contribution in [3.05, 3.63) is 146 Å². The lowest BCUT2D eigenvalue weighted by Crippen LogP contribution is -2.54. The first kappa shape index (κ1) is 20.4. The second-order valence-electron chi connectivity index (χ2n) is 8.18. The van der Waals surface area contributed by atoms with Crippen LogP contribution in [0.2, 0.25) is 0 Å². The molecule has 5 aromatic carbocycles. The molecule has 0 saturated carbocycles. The highest BCUT2D eigenvalue weighted by Gasteiger charge is 2.21. The van der Waals surface area contributed by atoms with Crippen LogP contribution in [0.1, 0.15) is 0 Å². The van der Waals surface area contributed by atoms with Crippen LogP contribution in [0.25, 0.3) is 0 Å². The second kappa shape index (κ2) is 9.77. The summed E-state index contributed by atoms with van der Waals surface area (Å²) in [5.41, 5.74) is 0. The summed E-state index contributed by atoms with van der Waals surface area (Å²) in [5.74, 6) is 0. The predicted molar refractivity (Wildman–Crippen MR) is 144 cm³/mol. The van der Waals surface area contributed by atoms with E-state index in [1.54, 1.807) is 0 Å². The largest absolute Gasteiger partial charge is 0.132 e. The molecule has 0 fully saturated rings. The van der Waals surface area contributed by atoms with Crippen molar-refractivity contribution >= 4 is 48.7 Å². The van der Waals surface area contributed by atoms with E-state index in [0.29, 0.717) is 0 Å². The van der Waals surface area contributed by atoms with Gasteiger partial charge in [0.1, 0.15) is 17.6 Å². The number of rotatable bonds is 6. The van der Waals surface area contributed by atoms with Gasteiger partial charge in [-0.15, -0.1) is 0 Å². The van der Waals surface area contributed by atoms with Crippen LogP contribution in [0.5, 0.6) is 0 Å². The molecule has 0 aliphatic heterocycles. The first-order valence-electron chi connectivity index (χ1n) is 11.2. The minimum atomic E-state index is -1.49. The Morgan fingerprint density at radius 2 is 0.406 bits per heavy atom. The molecule has 2 heteroatoms. The van der Waals surface area contributed by atoms with E-state index in [9.17, 15) is 0 Å². The summed E-state index contributed by atoms with van der Waals surface area (Å²) < 4.78 is 0. The van der Waals surface area contributed by atoms with Crippen molar-refractivity contribution in [1.82, 2.24) is 0 Å². The van der Waals surface area contributed by atoms with Gasteiger partial charge in [0.2, 0.25) is 0 Å². The molecule has 0 N–H and O–H groups in total. The molecule has 0 spiro atoms.